The molecule has 1 unspecified atom stereocenters. The minimum Gasteiger partial charge on any atom is -0.497 e. The van der Waals surface area contributed by atoms with Gasteiger partial charge in [0.25, 0.3) is 0 Å². The molecular formula is C18H26O3. The van der Waals surface area contributed by atoms with Crippen LogP contribution in [-0.4, -0.2) is 25.6 Å². The fraction of sp³-hybridized carbons (Fsp3) is 0.611. The van der Waals surface area contributed by atoms with Crippen molar-refractivity contribution in [1.29, 1.82) is 0 Å². The molecule has 0 amide bonds. The van der Waals surface area contributed by atoms with Crippen LogP contribution in [0.5, 0.6) is 5.75 Å². The summed E-state index contributed by atoms with van der Waals surface area (Å²) in [6.45, 7) is 4.51. The van der Waals surface area contributed by atoms with Crippen molar-refractivity contribution in [3.8, 4) is 5.75 Å². The van der Waals surface area contributed by atoms with Crippen molar-refractivity contribution in [3.63, 3.8) is 0 Å². The smallest absolute Gasteiger partial charge is 0.192 e. The monoisotopic (exact) mass is 290 g/mol. The van der Waals surface area contributed by atoms with Gasteiger partial charge < -0.3 is 9.47 Å². The largest absolute Gasteiger partial charge is 0.497 e. The van der Waals surface area contributed by atoms with E-state index in [2.05, 4.69) is 0 Å². The molecule has 1 aromatic carbocycles. The van der Waals surface area contributed by atoms with Gasteiger partial charge in [0, 0.05) is 12.2 Å². The molecule has 0 saturated heterocycles. The van der Waals surface area contributed by atoms with Gasteiger partial charge in [0.1, 0.15) is 11.9 Å². The van der Waals surface area contributed by atoms with Crippen molar-refractivity contribution in [2.45, 2.75) is 52.1 Å². The van der Waals surface area contributed by atoms with Crippen LogP contribution in [0.25, 0.3) is 0 Å². The number of Topliss-reactive ketones (excluding diaryl/α,β-unsaturated/α-hetero) is 1. The zero-order chi connectivity index (χ0) is 15.2. The Morgan fingerprint density at radius 3 is 2.57 bits per heavy atom. The fourth-order valence-electron chi connectivity index (χ4n) is 3.24. The van der Waals surface area contributed by atoms with Crippen molar-refractivity contribution in [2.75, 3.05) is 13.7 Å². The van der Waals surface area contributed by atoms with Gasteiger partial charge in [-0.2, -0.15) is 0 Å². The maximum Gasteiger partial charge on any atom is 0.192 e. The van der Waals surface area contributed by atoms with Crippen LogP contribution >= 0.6 is 0 Å². The van der Waals surface area contributed by atoms with Gasteiger partial charge in [-0.15, -0.1) is 0 Å². The average Bonchev–Trinajstić information content (AvgIpc) is 2.52. The number of hydrogen-bond donors (Lipinski definition) is 0. The predicted molar refractivity (Wildman–Crippen MR) is 84.1 cm³/mol. The summed E-state index contributed by atoms with van der Waals surface area (Å²) in [4.78, 5) is 12.9. The summed E-state index contributed by atoms with van der Waals surface area (Å²) in [6, 6.07) is 5.63. The van der Waals surface area contributed by atoms with Crippen LogP contribution < -0.4 is 4.74 Å². The number of methoxy groups -OCH3 is 1. The van der Waals surface area contributed by atoms with Crippen molar-refractivity contribution >= 4 is 5.78 Å². The third-order valence-electron chi connectivity index (χ3n) is 4.38. The predicted octanol–water partition coefficient (Wildman–Crippen LogP) is 4.17. The molecule has 116 valence electrons. The first-order valence-corrected chi connectivity index (χ1v) is 7.97. The van der Waals surface area contributed by atoms with Crippen LogP contribution in [0, 0.1) is 12.8 Å². The number of ketones is 1. The summed E-state index contributed by atoms with van der Waals surface area (Å²) in [6.07, 6.45) is 5.62. The second kappa shape index (κ2) is 7.60. The minimum absolute atomic E-state index is 0.129. The first-order valence-electron chi connectivity index (χ1n) is 7.97. The topological polar surface area (TPSA) is 35.5 Å². The quantitative estimate of drug-likeness (QED) is 0.738. The van der Waals surface area contributed by atoms with Gasteiger partial charge in [0.05, 0.1) is 7.11 Å². The van der Waals surface area contributed by atoms with Gasteiger partial charge in [0.15, 0.2) is 5.78 Å². The molecule has 21 heavy (non-hydrogen) atoms. The van der Waals surface area contributed by atoms with Gasteiger partial charge in [-0.05, 0) is 56.4 Å². The van der Waals surface area contributed by atoms with Crippen molar-refractivity contribution in [1.82, 2.24) is 0 Å². The highest BCUT2D eigenvalue weighted by atomic mass is 16.5. The molecule has 1 atom stereocenters. The molecule has 1 aliphatic rings. The van der Waals surface area contributed by atoms with E-state index >= 15 is 0 Å². The van der Waals surface area contributed by atoms with E-state index in [1.54, 1.807) is 7.11 Å². The van der Waals surface area contributed by atoms with E-state index in [4.69, 9.17) is 9.47 Å². The molecule has 0 spiro atoms. The molecule has 1 aromatic rings. The standard InChI is InChI=1S/C18H26O3/c1-4-21-18(14-8-6-5-7-9-14)17(19)16-11-10-15(20-3)12-13(16)2/h10-12,14,18H,4-9H2,1-3H3. The maximum absolute atomic E-state index is 12.9. The van der Waals surface area contributed by atoms with Crippen LogP contribution in [-0.2, 0) is 4.74 Å². The molecule has 1 fully saturated rings. The minimum atomic E-state index is -0.289. The average molecular weight is 290 g/mol. The SMILES string of the molecule is CCOC(C(=O)c1ccc(OC)cc1C)C1CCCCC1. The number of carbonyl (C=O) groups is 1. The Bertz CT molecular complexity index is 475. The third-order valence-corrected chi connectivity index (χ3v) is 4.38. The number of ether oxygens (including phenoxy) is 2. The molecule has 0 radical (unpaired) electrons. The molecule has 1 aliphatic carbocycles. The number of hydrogen-bond acceptors (Lipinski definition) is 3. The Morgan fingerprint density at radius 2 is 2.00 bits per heavy atom. The lowest BCUT2D eigenvalue weighted by Crippen LogP contribution is -2.34. The molecule has 0 bridgehead atoms. The highest BCUT2D eigenvalue weighted by Gasteiger charge is 2.31. The fourth-order valence-corrected chi connectivity index (χ4v) is 3.24. The summed E-state index contributed by atoms with van der Waals surface area (Å²) in [5.41, 5.74) is 1.72. The molecular weight excluding hydrogens is 264 g/mol. The summed E-state index contributed by atoms with van der Waals surface area (Å²) in [5.74, 6) is 1.28. The lowest BCUT2D eigenvalue weighted by atomic mass is 9.82. The Balaban J connectivity index is 2.21. The normalized spacial score (nSPS) is 17.5. The lowest BCUT2D eigenvalue weighted by molar-refractivity contribution is 0.0126. The zero-order valence-electron chi connectivity index (χ0n) is 13.4. The van der Waals surface area contributed by atoms with Crippen LogP contribution in [0.2, 0.25) is 0 Å². The zero-order valence-corrected chi connectivity index (χ0v) is 13.4. The number of benzene rings is 1. The van der Waals surface area contributed by atoms with Crippen molar-refractivity contribution in [2.24, 2.45) is 5.92 Å². The van der Waals surface area contributed by atoms with E-state index in [1.165, 1.54) is 19.3 Å². The summed E-state index contributed by atoms with van der Waals surface area (Å²) in [5, 5.41) is 0. The van der Waals surface area contributed by atoms with Gasteiger partial charge in [0.2, 0.25) is 0 Å². The first-order chi connectivity index (χ1) is 10.2. The van der Waals surface area contributed by atoms with E-state index < -0.39 is 0 Å². The highest BCUT2D eigenvalue weighted by molar-refractivity contribution is 6.01. The first kappa shape index (κ1) is 16.0. The molecule has 0 heterocycles. The summed E-state index contributed by atoms with van der Waals surface area (Å²) < 4.78 is 11.0. The van der Waals surface area contributed by atoms with E-state index in [-0.39, 0.29) is 11.9 Å². The molecule has 1 saturated carbocycles. The van der Waals surface area contributed by atoms with Crippen LogP contribution in [0.3, 0.4) is 0 Å². The van der Waals surface area contributed by atoms with E-state index in [9.17, 15) is 4.79 Å². The lowest BCUT2D eigenvalue weighted by Gasteiger charge is -2.29. The third kappa shape index (κ3) is 3.85. The van der Waals surface area contributed by atoms with Crippen LogP contribution in [0.1, 0.15) is 54.9 Å². The van der Waals surface area contributed by atoms with Crippen molar-refractivity contribution < 1.29 is 14.3 Å². The highest BCUT2D eigenvalue weighted by Crippen LogP contribution is 2.30. The van der Waals surface area contributed by atoms with E-state index in [0.717, 1.165) is 29.7 Å². The number of carbonyl (C=O) groups excluding carboxylic acids is 1. The number of aryl methyl sites for hydroxylation is 1. The second-order valence-electron chi connectivity index (χ2n) is 5.82. The molecule has 3 nitrogen and oxygen atoms in total. The van der Waals surface area contributed by atoms with Crippen molar-refractivity contribution in [3.05, 3.63) is 29.3 Å². The Hall–Kier alpha value is -1.35. The van der Waals surface area contributed by atoms with Gasteiger partial charge in [-0.25, -0.2) is 0 Å². The van der Waals surface area contributed by atoms with Crippen LogP contribution in [0.15, 0.2) is 18.2 Å². The maximum atomic E-state index is 12.9. The summed E-state index contributed by atoms with van der Waals surface area (Å²) >= 11 is 0. The Kier molecular flexibility index (Phi) is 5.80. The van der Waals surface area contributed by atoms with Crippen LogP contribution in [0.4, 0.5) is 0 Å². The van der Waals surface area contributed by atoms with Gasteiger partial charge in [-0.3, -0.25) is 4.79 Å². The molecule has 3 heteroatoms. The number of rotatable bonds is 6. The second-order valence-corrected chi connectivity index (χ2v) is 5.82. The Labute approximate surface area is 127 Å². The molecule has 0 aromatic heterocycles. The van der Waals surface area contributed by atoms with E-state index in [0.29, 0.717) is 12.5 Å². The summed E-state index contributed by atoms with van der Waals surface area (Å²) in [7, 11) is 1.64. The van der Waals surface area contributed by atoms with Gasteiger partial charge in [-0.1, -0.05) is 19.3 Å². The van der Waals surface area contributed by atoms with E-state index in [1.807, 2.05) is 32.0 Å². The van der Waals surface area contributed by atoms with Gasteiger partial charge >= 0.3 is 0 Å². The molecule has 2 rings (SSSR count). The molecule has 0 aliphatic heterocycles. The Morgan fingerprint density at radius 1 is 1.29 bits per heavy atom. The molecule has 0 N–H and O–H groups in total.